The summed E-state index contributed by atoms with van der Waals surface area (Å²) in [5.41, 5.74) is 1.09. The quantitative estimate of drug-likeness (QED) is 0.884. The van der Waals surface area contributed by atoms with Crippen LogP contribution in [0.2, 0.25) is 0 Å². The Kier molecular flexibility index (Phi) is 5.26. The van der Waals surface area contributed by atoms with E-state index in [1.54, 1.807) is 0 Å². The summed E-state index contributed by atoms with van der Waals surface area (Å²) in [6, 6.07) is 11.1. The van der Waals surface area contributed by atoms with Gasteiger partial charge in [-0.3, -0.25) is 0 Å². The van der Waals surface area contributed by atoms with Crippen molar-refractivity contribution in [1.82, 2.24) is 10.3 Å². The van der Waals surface area contributed by atoms with Gasteiger partial charge in [-0.1, -0.05) is 24.3 Å². The second-order valence-corrected chi connectivity index (χ2v) is 6.01. The van der Waals surface area contributed by atoms with Crippen molar-refractivity contribution in [1.29, 1.82) is 0 Å². The molecule has 20 heavy (non-hydrogen) atoms. The Morgan fingerprint density at radius 3 is 2.80 bits per heavy atom. The van der Waals surface area contributed by atoms with Crippen molar-refractivity contribution < 1.29 is 0 Å². The molecule has 1 N–H and O–H groups in total. The summed E-state index contributed by atoms with van der Waals surface area (Å²) < 4.78 is 0. The molecule has 1 aromatic carbocycles. The number of aromatic nitrogens is 1. The van der Waals surface area contributed by atoms with Gasteiger partial charge in [-0.15, -0.1) is 0 Å². The number of pyridine rings is 1. The molecule has 0 amide bonds. The minimum absolute atomic E-state index is 0.464. The zero-order valence-corrected chi connectivity index (χ0v) is 13.5. The van der Waals surface area contributed by atoms with E-state index in [1.165, 1.54) is 10.8 Å². The summed E-state index contributed by atoms with van der Waals surface area (Å²) in [4.78, 5) is 7.14. The predicted octanol–water partition coefficient (Wildman–Crippen LogP) is 3.14. The van der Waals surface area contributed by atoms with E-state index in [4.69, 9.17) is 4.98 Å². The average molecular weight is 289 g/mol. The third-order valence-electron chi connectivity index (χ3n) is 3.53. The summed E-state index contributed by atoms with van der Waals surface area (Å²) in [7, 11) is 4.09. The number of hydrogen-bond donors (Lipinski definition) is 1. The normalized spacial score (nSPS) is 12.6. The fourth-order valence-corrected chi connectivity index (χ4v) is 3.04. The molecule has 1 aromatic heterocycles. The Labute approximate surface area is 125 Å². The van der Waals surface area contributed by atoms with Crippen LogP contribution < -0.4 is 10.2 Å². The minimum atomic E-state index is 0.464. The highest BCUT2D eigenvalue weighted by atomic mass is 32.2. The molecule has 2 aromatic rings. The van der Waals surface area contributed by atoms with Gasteiger partial charge in [-0.25, -0.2) is 4.98 Å². The third kappa shape index (κ3) is 3.25. The molecule has 3 nitrogen and oxygen atoms in total. The first-order chi connectivity index (χ1) is 9.67. The minimum Gasteiger partial charge on any atom is -0.356 e. The molecular weight excluding hydrogens is 266 g/mol. The van der Waals surface area contributed by atoms with E-state index < -0.39 is 0 Å². The lowest BCUT2D eigenvalue weighted by atomic mass is 10.1. The van der Waals surface area contributed by atoms with Gasteiger partial charge < -0.3 is 10.2 Å². The van der Waals surface area contributed by atoms with E-state index in [9.17, 15) is 0 Å². The topological polar surface area (TPSA) is 28.2 Å². The molecule has 108 valence electrons. The molecule has 4 heteroatoms. The van der Waals surface area contributed by atoms with Gasteiger partial charge in [0.2, 0.25) is 0 Å². The van der Waals surface area contributed by atoms with Crippen LogP contribution in [0.5, 0.6) is 0 Å². The number of thioether (sulfide) groups is 1. The summed E-state index contributed by atoms with van der Waals surface area (Å²) >= 11 is 1.87. The first-order valence-electron chi connectivity index (χ1n) is 6.92. The van der Waals surface area contributed by atoms with Gasteiger partial charge in [0, 0.05) is 30.8 Å². The molecule has 0 aliphatic carbocycles. The maximum atomic E-state index is 4.85. The van der Waals surface area contributed by atoms with Gasteiger partial charge in [0.15, 0.2) is 0 Å². The summed E-state index contributed by atoms with van der Waals surface area (Å²) in [5, 5.41) is 5.66. The molecule has 0 fully saturated rings. The Morgan fingerprint density at radius 1 is 1.35 bits per heavy atom. The van der Waals surface area contributed by atoms with Crippen molar-refractivity contribution >= 4 is 28.4 Å². The molecule has 0 radical (unpaired) electrons. The molecule has 0 saturated carbocycles. The first kappa shape index (κ1) is 15.1. The standard InChI is InChI=1S/C16H23N3S/c1-12(11-20-4)19(3)16-15-8-6-5-7-13(15)9-14(18-16)10-17-2/h5-9,12,17H,10-11H2,1-4H3. The lowest BCUT2D eigenvalue weighted by Gasteiger charge is -2.27. The number of nitrogens with one attached hydrogen (secondary N) is 1. The fourth-order valence-electron chi connectivity index (χ4n) is 2.34. The maximum Gasteiger partial charge on any atom is 0.136 e. The molecule has 0 bridgehead atoms. The monoisotopic (exact) mass is 289 g/mol. The average Bonchev–Trinajstić information content (AvgIpc) is 2.46. The lowest BCUT2D eigenvalue weighted by molar-refractivity contribution is 0.743. The van der Waals surface area contributed by atoms with Crippen LogP contribution in [0.3, 0.4) is 0 Å². The molecule has 1 heterocycles. The van der Waals surface area contributed by atoms with E-state index in [2.05, 4.69) is 60.8 Å². The molecule has 0 aliphatic rings. The number of hydrogen-bond acceptors (Lipinski definition) is 4. The highest BCUT2D eigenvalue weighted by molar-refractivity contribution is 7.98. The Hall–Kier alpha value is -1.26. The zero-order valence-electron chi connectivity index (χ0n) is 12.7. The van der Waals surface area contributed by atoms with Crippen LogP contribution in [0.15, 0.2) is 30.3 Å². The summed E-state index contributed by atoms with van der Waals surface area (Å²) in [6.45, 7) is 3.04. The SMILES string of the molecule is CNCc1cc2ccccc2c(N(C)C(C)CSC)n1. The van der Waals surface area contributed by atoms with E-state index in [1.807, 2.05) is 18.8 Å². The van der Waals surface area contributed by atoms with Crippen LogP contribution >= 0.6 is 11.8 Å². The van der Waals surface area contributed by atoms with Gasteiger partial charge in [0.25, 0.3) is 0 Å². The molecule has 0 aliphatic heterocycles. The number of anilines is 1. The van der Waals surface area contributed by atoms with Gasteiger partial charge in [0.1, 0.15) is 5.82 Å². The first-order valence-corrected chi connectivity index (χ1v) is 8.31. The molecule has 1 atom stereocenters. The number of rotatable bonds is 6. The van der Waals surface area contributed by atoms with Crippen LogP contribution in [0.1, 0.15) is 12.6 Å². The zero-order chi connectivity index (χ0) is 14.5. The summed E-state index contributed by atoms with van der Waals surface area (Å²) in [5.74, 6) is 2.18. The second-order valence-electron chi connectivity index (χ2n) is 5.10. The van der Waals surface area contributed by atoms with Crippen molar-refractivity contribution in [3.63, 3.8) is 0 Å². The number of benzene rings is 1. The van der Waals surface area contributed by atoms with E-state index in [0.29, 0.717) is 6.04 Å². The van der Waals surface area contributed by atoms with Crippen LogP contribution in [0, 0.1) is 0 Å². The van der Waals surface area contributed by atoms with Crippen LogP contribution in [0.4, 0.5) is 5.82 Å². The van der Waals surface area contributed by atoms with Gasteiger partial charge in [0.05, 0.1) is 5.69 Å². The number of nitrogens with zero attached hydrogens (tertiary/aromatic N) is 2. The molecular formula is C16H23N3S. The van der Waals surface area contributed by atoms with Crippen LogP contribution in [0.25, 0.3) is 10.8 Å². The Bertz CT molecular complexity index is 571. The lowest BCUT2D eigenvalue weighted by Crippen LogP contribution is -2.32. The summed E-state index contributed by atoms with van der Waals surface area (Å²) in [6.07, 6.45) is 2.15. The van der Waals surface area contributed by atoms with Gasteiger partial charge in [-0.05, 0) is 31.7 Å². The highest BCUT2D eigenvalue weighted by Crippen LogP contribution is 2.26. The third-order valence-corrected chi connectivity index (χ3v) is 4.35. The maximum absolute atomic E-state index is 4.85. The van der Waals surface area contributed by atoms with Crippen molar-refractivity contribution in [3.05, 3.63) is 36.0 Å². The smallest absolute Gasteiger partial charge is 0.136 e. The van der Waals surface area contributed by atoms with Gasteiger partial charge in [-0.2, -0.15) is 11.8 Å². The Balaban J connectivity index is 2.48. The fraction of sp³-hybridized carbons (Fsp3) is 0.438. The highest BCUT2D eigenvalue weighted by Gasteiger charge is 2.14. The molecule has 0 spiro atoms. The van der Waals surface area contributed by atoms with E-state index >= 15 is 0 Å². The van der Waals surface area contributed by atoms with E-state index in [0.717, 1.165) is 23.8 Å². The van der Waals surface area contributed by atoms with Crippen LogP contribution in [-0.4, -0.2) is 37.1 Å². The van der Waals surface area contributed by atoms with Crippen molar-refractivity contribution in [3.8, 4) is 0 Å². The van der Waals surface area contributed by atoms with Crippen molar-refractivity contribution in [2.45, 2.75) is 19.5 Å². The second kappa shape index (κ2) is 6.95. The molecule has 2 rings (SSSR count). The molecule has 0 saturated heterocycles. The predicted molar refractivity (Wildman–Crippen MR) is 90.8 cm³/mol. The van der Waals surface area contributed by atoms with Gasteiger partial charge >= 0.3 is 0 Å². The Morgan fingerprint density at radius 2 is 2.10 bits per heavy atom. The van der Waals surface area contributed by atoms with Crippen LogP contribution in [-0.2, 0) is 6.54 Å². The van der Waals surface area contributed by atoms with Crippen molar-refractivity contribution in [2.24, 2.45) is 0 Å². The van der Waals surface area contributed by atoms with Crippen molar-refractivity contribution in [2.75, 3.05) is 31.0 Å². The number of fused-ring (bicyclic) bond motifs is 1. The molecule has 1 unspecified atom stereocenters. The largest absolute Gasteiger partial charge is 0.356 e. The van der Waals surface area contributed by atoms with E-state index in [-0.39, 0.29) is 0 Å².